The van der Waals surface area contributed by atoms with E-state index in [-0.39, 0.29) is 23.5 Å². The molecular weight excluding hydrogens is 240 g/mol. The lowest BCUT2D eigenvalue weighted by Crippen LogP contribution is -2.46. The molecule has 2 atom stereocenters. The van der Waals surface area contributed by atoms with E-state index in [0.29, 0.717) is 19.4 Å². The second-order valence-corrected chi connectivity index (χ2v) is 4.58. The molecule has 1 fully saturated rings. The highest BCUT2D eigenvalue weighted by molar-refractivity contribution is 5.85. The topological polar surface area (TPSA) is 29.5 Å². The van der Waals surface area contributed by atoms with Crippen LogP contribution in [-0.4, -0.2) is 31.6 Å². The van der Waals surface area contributed by atoms with E-state index in [1.54, 1.807) is 4.90 Å². The van der Waals surface area contributed by atoms with Gasteiger partial charge in [-0.25, -0.2) is 8.78 Å². The van der Waals surface area contributed by atoms with Gasteiger partial charge in [0.2, 0.25) is 0 Å². The molecule has 0 aliphatic carbocycles. The molecule has 0 spiro atoms. The van der Waals surface area contributed by atoms with Crippen LogP contribution in [0.5, 0.6) is 0 Å². The fourth-order valence-electron chi connectivity index (χ4n) is 2.33. The number of halogens is 2. The summed E-state index contributed by atoms with van der Waals surface area (Å²) >= 11 is 0. The zero-order valence-electron chi connectivity index (χ0n) is 10.3. The molecule has 0 amide bonds. The molecule has 18 heavy (non-hydrogen) atoms. The van der Waals surface area contributed by atoms with Crippen molar-refractivity contribution in [3.05, 3.63) is 29.3 Å². The summed E-state index contributed by atoms with van der Waals surface area (Å²) in [5.74, 6) is -1.91. The molecule has 1 saturated heterocycles. The van der Waals surface area contributed by atoms with E-state index in [2.05, 4.69) is 0 Å². The highest BCUT2D eigenvalue weighted by Crippen LogP contribution is 2.28. The number of carbonyl (C=O) groups is 1. The first-order chi connectivity index (χ1) is 8.52. The molecule has 0 radical (unpaired) electrons. The van der Waals surface area contributed by atoms with Crippen molar-refractivity contribution in [2.75, 3.05) is 18.0 Å². The van der Waals surface area contributed by atoms with Crippen LogP contribution in [0.3, 0.4) is 0 Å². The van der Waals surface area contributed by atoms with Gasteiger partial charge in [0.05, 0.1) is 17.9 Å². The molecule has 0 aromatic heterocycles. The molecule has 1 heterocycles. The fraction of sp³-hybridized carbons (Fsp3) is 0.462. The molecule has 98 valence electrons. The third-order valence-corrected chi connectivity index (χ3v) is 2.96. The van der Waals surface area contributed by atoms with Gasteiger partial charge in [-0.05, 0) is 26.0 Å². The van der Waals surface area contributed by atoms with Gasteiger partial charge in [-0.3, -0.25) is 4.79 Å². The van der Waals surface area contributed by atoms with E-state index in [4.69, 9.17) is 4.74 Å². The number of nitrogens with zero attached hydrogens (tertiary/aromatic N) is 1. The zero-order valence-corrected chi connectivity index (χ0v) is 10.3. The highest BCUT2D eigenvalue weighted by Gasteiger charge is 2.27. The SMILES string of the molecule is CC1CN(c2c(C=O)ccc(F)c2F)CC(C)O1. The van der Waals surface area contributed by atoms with Gasteiger partial charge >= 0.3 is 0 Å². The maximum atomic E-state index is 13.9. The minimum Gasteiger partial charge on any atom is -0.372 e. The third-order valence-electron chi connectivity index (χ3n) is 2.96. The summed E-state index contributed by atoms with van der Waals surface area (Å²) in [7, 11) is 0. The molecule has 1 aromatic carbocycles. The third kappa shape index (κ3) is 2.36. The van der Waals surface area contributed by atoms with Crippen molar-refractivity contribution >= 4 is 12.0 Å². The van der Waals surface area contributed by atoms with Crippen LogP contribution in [0.2, 0.25) is 0 Å². The van der Waals surface area contributed by atoms with Crippen molar-refractivity contribution in [1.29, 1.82) is 0 Å². The average Bonchev–Trinajstić information content (AvgIpc) is 2.31. The minimum atomic E-state index is -0.971. The minimum absolute atomic E-state index is 0.0343. The Balaban J connectivity index is 2.42. The maximum Gasteiger partial charge on any atom is 0.182 e. The van der Waals surface area contributed by atoms with Crippen molar-refractivity contribution in [3.63, 3.8) is 0 Å². The number of benzene rings is 1. The predicted molar refractivity (Wildman–Crippen MR) is 64.0 cm³/mol. The van der Waals surface area contributed by atoms with Gasteiger partial charge in [0, 0.05) is 18.7 Å². The van der Waals surface area contributed by atoms with E-state index in [9.17, 15) is 13.6 Å². The van der Waals surface area contributed by atoms with Crippen LogP contribution in [0.4, 0.5) is 14.5 Å². The van der Waals surface area contributed by atoms with Crippen molar-refractivity contribution in [1.82, 2.24) is 0 Å². The Morgan fingerprint density at radius 1 is 1.28 bits per heavy atom. The number of rotatable bonds is 2. The van der Waals surface area contributed by atoms with Gasteiger partial charge in [-0.1, -0.05) is 0 Å². The molecule has 1 aliphatic rings. The fourth-order valence-corrected chi connectivity index (χ4v) is 2.33. The Kier molecular flexibility index (Phi) is 3.61. The van der Waals surface area contributed by atoms with Crippen LogP contribution in [0.1, 0.15) is 24.2 Å². The summed E-state index contributed by atoms with van der Waals surface area (Å²) in [6.07, 6.45) is 0.370. The number of carbonyl (C=O) groups excluding carboxylic acids is 1. The molecule has 2 unspecified atom stereocenters. The van der Waals surface area contributed by atoms with Crippen LogP contribution in [0.25, 0.3) is 0 Å². The Hall–Kier alpha value is -1.49. The van der Waals surface area contributed by atoms with Gasteiger partial charge in [-0.15, -0.1) is 0 Å². The number of morpholine rings is 1. The van der Waals surface area contributed by atoms with Gasteiger partial charge in [0.25, 0.3) is 0 Å². The number of anilines is 1. The van der Waals surface area contributed by atoms with Crippen LogP contribution >= 0.6 is 0 Å². The smallest absolute Gasteiger partial charge is 0.182 e. The van der Waals surface area contributed by atoms with Crippen LogP contribution < -0.4 is 4.90 Å². The quantitative estimate of drug-likeness (QED) is 0.760. The van der Waals surface area contributed by atoms with Crippen LogP contribution in [0.15, 0.2) is 12.1 Å². The molecule has 0 N–H and O–H groups in total. The number of aldehydes is 1. The van der Waals surface area contributed by atoms with Crippen LogP contribution in [-0.2, 0) is 4.74 Å². The number of hydrogen-bond donors (Lipinski definition) is 0. The maximum absolute atomic E-state index is 13.9. The summed E-state index contributed by atoms with van der Waals surface area (Å²) < 4.78 is 32.7. The number of hydrogen-bond acceptors (Lipinski definition) is 3. The largest absolute Gasteiger partial charge is 0.372 e. The molecule has 0 bridgehead atoms. The molecule has 0 saturated carbocycles. The summed E-state index contributed by atoms with van der Waals surface area (Å²) in [5, 5.41) is 0. The summed E-state index contributed by atoms with van der Waals surface area (Å²) in [4.78, 5) is 12.6. The lowest BCUT2D eigenvalue weighted by Gasteiger charge is -2.37. The van der Waals surface area contributed by atoms with Crippen molar-refractivity contribution in [2.45, 2.75) is 26.1 Å². The van der Waals surface area contributed by atoms with Gasteiger partial charge < -0.3 is 9.64 Å². The van der Waals surface area contributed by atoms with E-state index >= 15 is 0 Å². The van der Waals surface area contributed by atoms with Crippen molar-refractivity contribution < 1.29 is 18.3 Å². The molecule has 5 heteroatoms. The lowest BCUT2D eigenvalue weighted by atomic mass is 10.1. The summed E-state index contributed by atoms with van der Waals surface area (Å²) in [5.41, 5.74) is 0.196. The molecule has 2 rings (SSSR count). The summed E-state index contributed by atoms with van der Waals surface area (Å²) in [6, 6.07) is 2.27. The first kappa shape index (κ1) is 13.0. The number of ether oxygens (including phenoxy) is 1. The summed E-state index contributed by atoms with van der Waals surface area (Å²) in [6.45, 7) is 4.60. The van der Waals surface area contributed by atoms with Crippen molar-refractivity contribution in [2.24, 2.45) is 0 Å². The van der Waals surface area contributed by atoms with E-state index in [1.165, 1.54) is 6.07 Å². The van der Waals surface area contributed by atoms with Gasteiger partial charge in [0.15, 0.2) is 17.9 Å². The Morgan fingerprint density at radius 2 is 1.89 bits per heavy atom. The standard InChI is InChI=1S/C13H15F2NO2/c1-8-5-16(6-9(2)18-8)13-10(7-17)3-4-11(14)12(13)15/h3-4,7-9H,5-6H2,1-2H3. The van der Waals surface area contributed by atoms with Crippen LogP contribution in [0, 0.1) is 11.6 Å². The highest BCUT2D eigenvalue weighted by atomic mass is 19.2. The van der Waals surface area contributed by atoms with E-state index in [0.717, 1.165) is 6.07 Å². The molecule has 1 aliphatic heterocycles. The first-order valence-corrected chi connectivity index (χ1v) is 5.86. The predicted octanol–water partition coefficient (Wildman–Crippen LogP) is 2.39. The van der Waals surface area contributed by atoms with Gasteiger partial charge in [0.1, 0.15) is 0 Å². The Bertz CT molecular complexity index is 455. The average molecular weight is 255 g/mol. The van der Waals surface area contributed by atoms with Crippen molar-refractivity contribution in [3.8, 4) is 0 Å². The molecule has 1 aromatic rings. The first-order valence-electron chi connectivity index (χ1n) is 5.86. The molecule has 3 nitrogen and oxygen atoms in total. The second kappa shape index (κ2) is 5.02. The molecular formula is C13H15F2NO2. The second-order valence-electron chi connectivity index (χ2n) is 4.58. The van der Waals surface area contributed by atoms with Gasteiger partial charge in [-0.2, -0.15) is 0 Å². The Morgan fingerprint density at radius 3 is 2.44 bits per heavy atom. The lowest BCUT2D eigenvalue weighted by molar-refractivity contribution is -0.00546. The van der Waals surface area contributed by atoms with E-state index < -0.39 is 11.6 Å². The normalized spacial score (nSPS) is 24.1. The Labute approximate surface area is 104 Å². The zero-order chi connectivity index (χ0) is 13.3. The van der Waals surface area contributed by atoms with E-state index in [1.807, 2.05) is 13.8 Å². The monoisotopic (exact) mass is 255 g/mol.